The summed E-state index contributed by atoms with van der Waals surface area (Å²) >= 11 is 0. The molecule has 1 fully saturated rings. The van der Waals surface area contributed by atoms with Crippen molar-refractivity contribution in [2.24, 2.45) is 16.1 Å². The minimum Gasteiger partial charge on any atom is -0.370 e. The van der Waals surface area contributed by atoms with Gasteiger partial charge in [-0.05, 0) is 36.8 Å². The number of anilines is 1. The van der Waals surface area contributed by atoms with E-state index in [0.717, 1.165) is 12.2 Å². The summed E-state index contributed by atoms with van der Waals surface area (Å²) in [5.41, 5.74) is 7.31. The van der Waals surface area contributed by atoms with Crippen molar-refractivity contribution in [3.05, 3.63) is 30.3 Å². The fourth-order valence-corrected chi connectivity index (χ4v) is 2.26. The van der Waals surface area contributed by atoms with Gasteiger partial charge in [0.1, 0.15) is 0 Å². The van der Waals surface area contributed by atoms with Crippen molar-refractivity contribution < 1.29 is 0 Å². The first kappa shape index (κ1) is 12.0. The van der Waals surface area contributed by atoms with E-state index in [2.05, 4.69) is 17.2 Å². The molecule has 0 aromatic heterocycles. The Labute approximate surface area is 103 Å². The third kappa shape index (κ3) is 2.99. The molecular formula is C14H21N3. The Bertz CT molecular complexity index is 374. The molecule has 0 amide bonds. The van der Waals surface area contributed by atoms with Crippen LogP contribution >= 0.6 is 0 Å². The average molecular weight is 231 g/mol. The highest BCUT2D eigenvalue weighted by molar-refractivity contribution is 5.92. The van der Waals surface area contributed by atoms with E-state index in [0.29, 0.717) is 11.4 Å². The maximum absolute atomic E-state index is 5.89. The highest BCUT2D eigenvalue weighted by atomic mass is 15.1. The first-order valence-corrected chi connectivity index (χ1v) is 6.36. The fourth-order valence-electron chi connectivity index (χ4n) is 2.26. The van der Waals surface area contributed by atoms with E-state index in [1.807, 2.05) is 30.3 Å². The lowest BCUT2D eigenvalue weighted by Gasteiger charge is -2.40. The zero-order valence-electron chi connectivity index (χ0n) is 10.4. The van der Waals surface area contributed by atoms with Crippen molar-refractivity contribution >= 4 is 11.6 Å². The van der Waals surface area contributed by atoms with Crippen molar-refractivity contribution in [3.8, 4) is 0 Å². The molecule has 0 saturated heterocycles. The van der Waals surface area contributed by atoms with Crippen molar-refractivity contribution in [2.45, 2.75) is 32.6 Å². The van der Waals surface area contributed by atoms with Crippen LogP contribution in [-0.2, 0) is 0 Å². The Hall–Kier alpha value is -1.51. The quantitative estimate of drug-likeness (QED) is 0.618. The SMILES string of the molecule is CCC1(CN=C(N)Nc2ccccc2)CCC1. The summed E-state index contributed by atoms with van der Waals surface area (Å²) in [5, 5.41) is 3.11. The van der Waals surface area contributed by atoms with Crippen LogP contribution in [-0.4, -0.2) is 12.5 Å². The van der Waals surface area contributed by atoms with Crippen molar-refractivity contribution in [3.63, 3.8) is 0 Å². The van der Waals surface area contributed by atoms with Crippen LogP contribution in [0.4, 0.5) is 5.69 Å². The van der Waals surface area contributed by atoms with E-state index in [1.165, 1.54) is 25.7 Å². The van der Waals surface area contributed by atoms with Crippen LogP contribution in [0, 0.1) is 5.41 Å². The predicted molar refractivity (Wildman–Crippen MR) is 73.1 cm³/mol. The van der Waals surface area contributed by atoms with Gasteiger partial charge < -0.3 is 11.1 Å². The van der Waals surface area contributed by atoms with Crippen molar-refractivity contribution in [1.29, 1.82) is 0 Å². The molecule has 1 aromatic rings. The summed E-state index contributed by atoms with van der Waals surface area (Å²) in [6, 6.07) is 9.92. The second kappa shape index (κ2) is 5.21. The molecule has 0 unspecified atom stereocenters. The smallest absolute Gasteiger partial charge is 0.193 e. The molecule has 1 aliphatic carbocycles. The van der Waals surface area contributed by atoms with Gasteiger partial charge in [-0.25, -0.2) is 0 Å². The summed E-state index contributed by atoms with van der Waals surface area (Å²) in [6.45, 7) is 3.10. The number of guanidine groups is 1. The van der Waals surface area contributed by atoms with Gasteiger partial charge in [0.2, 0.25) is 0 Å². The number of hydrogen-bond acceptors (Lipinski definition) is 1. The largest absolute Gasteiger partial charge is 0.370 e. The molecule has 0 bridgehead atoms. The molecule has 0 radical (unpaired) electrons. The molecule has 17 heavy (non-hydrogen) atoms. The summed E-state index contributed by atoms with van der Waals surface area (Å²) in [6.07, 6.45) is 5.14. The number of nitrogens with zero attached hydrogens (tertiary/aromatic N) is 1. The van der Waals surface area contributed by atoms with Crippen LogP contribution in [0.25, 0.3) is 0 Å². The second-order valence-electron chi connectivity index (χ2n) is 4.90. The van der Waals surface area contributed by atoms with Gasteiger partial charge in [0.25, 0.3) is 0 Å². The molecule has 1 aliphatic rings. The fraction of sp³-hybridized carbons (Fsp3) is 0.500. The first-order valence-electron chi connectivity index (χ1n) is 6.36. The lowest BCUT2D eigenvalue weighted by atomic mass is 9.67. The first-order chi connectivity index (χ1) is 8.24. The third-order valence-corrected chi connectivity index (χ3v) is 3.80. The molecule has 0 spiro atoms. The molecular weight excluding hydrogens is 210 g/mol. The van der Waals surface area contributed by atoms with E-state index < -0.39 is 0 Å². The molecule has 0 aliphatic heterocycles. The third-order valence-electron chi connectivity index (χ3n) is 3.80. The van der Waals surface area contributed by atoms with Gasteiger partial charge in [0.05, 0.1) is 0 Å². The Kier molecular flexibility index (Phi) is 3.67. The van der Waals surface area contributed by atoms with Gasteiger partial charge in [-0.3, -0.25) is 4.99 Å². The monoisotopic (exact) mass is 231 g/mol. The predicted octanol–water partition coefficient (Wildman–Crippen LogP) is 2.99. The van der Waals surface area contributed by atoms with E-state index in [-0.39, 0.29) is 0 Å². The molecule has 3 nitrogen and oxygen atoms in total. The number of nitrogens with one attached hydrogen (secondary N) is 1. The number of aliphatic imine (C=N–C) groups is 1. The van der Waals surface area contributed by atoms with Gasteiger partial charge in [-0.2, -0.15) is 0 Å². The average Bonchev–Trinajstić information content (AvgIpc) is 2.29. The zero-order chi connectivity index (χ0) is 12.1. The molecule has 1 saturated carbocycles. The molecule has 3 heteroatoms. The Morgan fingerprint density at radius 1 is 1.35 bits per heavy atom. The second-order valence-corrected chi connectivity index (χ2v) is 4.90. The summed E-state index contributed by atoms with van der Waals surface area (Å²) < 4.78 is 0. The maximum atomic E-state index is 5.89. The Balaban J connectivity index is 1.89. The van der Waals surface area contributed by atoms with E-state index in [1.54, 1.807) is 0 Å². The number of benzene rings is 1. The standard InChI is InChI=1S/C14H21N3/c1-2-14(9-6-10-14)11-16-13(15)17-12-7-4-3-5-8-12/h3-5,7-8H,2,6,9-11H2,1H3,(H3,15,16,17). The van der Waals surface area contributed by atoms with Crippen LogP contribution in [0.3, 0.4) is 0 Å². The van der Waals surface area contributed by atoms with Crippen LogP contribution in [0.5, 0.6) is 0 Å². The molecule has 3 N–H and O–H groups in total. The van der Waals surface area contributed by atoms with E-state index in [4.69, 9.17) is 5.73 Å². The van der Waals surface area contributed by atoms with Crippen LogP contribution in [0.2, 0.25) is 0 Å². The lowest BCUT2D eigenvalue weighted by Crippen LogP contribution is -2.33. The van der Waals surface area contributed by atoms with Gasteiger partial charge in [-0.1, -0.05) is 31.5 Å². The Morgan fingerprint density at radius 2 is 2.06 bits per heavy atom. The summed E-state index contributed by atoms with van der Waals surface area (Å²) in [4.78, 5) is 4.47. The molecule has 0 atom stereocenters. The molecule has 92 valence electrons. The normalized spacial score (nSPS) is 18.5. The van der Waals surface area contributed by atoms with Gasteiger partial charge >= 0.3 is 0 Å². The van der Waals surface area contributed by atoms with Crippen molar-refractivity contribution in [2.75, 3.05) is 11.9 Å². The maximum Gasteiger partial charge on any atom is 0.193 e. The van der Waals surface area contributed by atoms with Gasteiger partial charge in [-0.15, -0.1) is 0 Å². The number of hydrogen-bond donors (Lipinski definition) is 2. The minimum atomic E-state index is 0.434. The highest BCUT2D eigenvalue weighted by Gasteiger charge is 2.34. The van der Waals surface area contributed by atoms with Gasteiger partial charge in [0, 0.05) is 12.2 Å². The van der Waals surface area contributed by atoms with E-state index >= 15 is 0 Å². The molecule has 2 rings (SSSR count). The molecule has 0 heterocycles. The number of para-hydroxylation sites is 1. The zero-order valence-corrected chi connectivity index (χ0v) is 10.4. The summed E-state index contributed by atoms with van der Waals surface area (Å²) in [7, 11) is 0. The topological polar surface area (TPSA) is 50.4 Å². The van der Waals surface area contributed by atoms with Crippen LogP contribution in [0.15, 0.2) is 35.3 Å². The number of nitrogens with two attached hydrogens (primary N) is 1. The minimum absolute atomic E-state index is 0.434. The highest BCUT2D eigenvalue weighted by Crippen LogP contribution is 2.43. The number of rotatable bonds is 4. The summed E-state index contributed by atoms with van der Waals surface area (Å²) in [5.74, 6) is 0.524. The molecule has 1 aromatic carbocycles. The lowest BCUT2D eigenvalue weighted by molar-refractivity contribution is 0.139. The van der Waals surface area contributed by atoms with Crippen LogP contribution < -0.4 is 11.1 Å². The van der Waals surface area contributed by atoms with Crippen LogP contribution in [0.1, 0.15) is 32.6 Å². The van der Waals surface area contributed by atoms with E-state index in [9.17, 15) is 0 Å². The van der Waals surface area contributed by atoms with Crippen molar-refractivity contribution in [1.82, 2.24) is 0 Å². The van der Waals surface area contributed by atoms with Gasteiger partial charge in [0.15, 0.2) is 5.96 Å². The Morgan fingerprint density at radius 3 is 2.59 bits per heavy atom.